The summed E-state index contributed by atoms with van der Waals surface area (Å²) >= 11 is 0. The van der Waals surface area contributed by atoms with Crippen molar-refractivity contribution in [1.29, 1.82) is 0 Å². The third kappa shape index (κ3) is 3.95. The van der Waals surface area contributed by atoms with Crippen LogP contribution in [0, 0.1) is 0 Å². The second-order valence-corrected chi connectivity index (χ2v) is 3.93. The molecule has 0 aromatic carbocycles. The maximum absolute atomic E-state index is 9.38. The molecule has 0 spiro atoms. The van der Waals surface area contributed by atoms with Gasteiger partial charge in [0.1, 0.15) is 30.5 Å². The number of rotatable bonds is 6. The summed E-state index contributed by atoms with van der Waals surface area (Å²) in [6.45, 7) is 2.39. The Labute approximate surface area is 93.2 Å². The zero-order valence-electron chi connectivity index (χ0n) is 9.17. The van der Waals surface area contributed by atoms with Gasteiger partial charge in [0.25, 0.3) is 0 Å². The van der Waals surface area contributed by atoms with Crippen molar-refractivity contribution in [3.63, 3.8) is 0 Å². The van der Waals surface area contributed by atoms with Crippen LogP contribution in [0.5, 0.6) is 0 Å². The third-order valence-electron chi connectivity index (χ3n) is 2.39. The maximum atomic E-state index is 9.38. The SMILES string of the molecule is CC(O)C(O)C(O)C(O)C(O)C(O)C(C)O. The zero-order chi connectivity index (χ0) is 13.0. The zero-order valence-corrected chi connectivity index (χ0v) is 9.17. The molecule has 0 fully saturated rings. The molecule has 6 unspecified atom stereocenters. The van der Waals surface area contributed by atoms with Gasteiger partial charge in [-0.3, -0.25) is 0 Å². The molecule has 0 heterocycles. The summed E-state index contributed by atoms with van der Waals surface area (Å²) in [5.74, 6) is 0. The first kappa shape index (κ1) is 15.7. The third-order valence-corrected chi connectivity index (χ3v) is 2.39. The van der Waals surface area contributed by atoms with Gasteiger partial charge >= 0.3 is 0 Å². The minimum Gasteiger partial charge on any atom is -0.391 e. The van der Waals surface area contributed by atoms with Gasteiger partial charge in [-0.05, 0) is 13.8 Å². The molecule has 0 saturated heterocycles. The second kappa shape index (κ2) is 6.45. The van der Waals surface area contributed by atoms with Crippen LogP contribution in [0.2, 0.25) is 0 Å². The molecule has 0 aliphatic heterocycles. The molecule has 0 aliphatic carbocycles. The smallest absolute Gasteiger partial charge is 0.111 e. The first-order chi connectivity index (χ1) is 7.20. The van der Waals surface area contributed by atoms with Gasteiger partial charge < -0.3 is 35.7 Å². The van der Waals surface area contributed by atoms with Gasteiger partial charge in [-0.2, -0.15) is 0 Å². The number of aliphatic hydroxyl groups excluding tert-OH is 7. The van der Waals surface area contributed by atoms with Crippen molar-refractivity contribution in [2.75, 3.05) is 0 Å². The van der Waals surface area contributed by atoms with Crippen LogP contribution in [-0.2, 0) is 0 Å². The lowest BCUT2D eigenvalue weighted by molar-refractivity contribution is -0.163. The summed E-state index contributed by atoms with van der Waals surface area (Å²) in [7, 11) is 0. The Balaban J connectivity index is 4.48. The summed E-state index contributed by atoms with van der Waals surface area (Å²) in [6, 6.07) is 0. The van der Waals surface area contributed by atoms with Crippen LogP contribution in [0.3, 0.4) is 0 Å². The lowest BCUT2D eigenvalue weighted by Crippen LogP contribution is -2.53. The molecule has 16 heavy (non-hydrogen) atoms. The van der Waals surface area contributed by atoms with Crippen molar-refractivity contribution >= 4 is 0 Å². The molecule has 0 saturated carbocycles. The normalized spacial score (nSPS) is 25.3. The van der Waals surface area contributed by atoms with Crippen molar-refractivity contribution in [3.8, 4) is 0 Å². The highest BCUT2D eigenvalue weighted by atomic mass is 16.4. The van der Waals surface area contributed by atoms with E-state index >= 15 is 0 Å². The van der Waals surface area contributed by atoms with E-state index in [-0.39, 0.29) is 0 Å². The van der Waals surface area contributed by atoms with Crippen molar-refractivity contribution in [1.82, 2.24) is 0 Å². The molecule has 0 bridgehead atoms. The van der Waals surface area contributed by atoms with Gasteiger partial charge in [0.15, 0.2) is 0 Å². The Morgan fingerprint density at radius 2 is 0.625 bits per heavy atom. The van der Waals surface area contributed by atoms with Crippen molar-refractivity contribution in [2.45, 2.75) is 56.6 Å². The summed E-state index contributed by atoms with van der Waals surface area (Å²) < 4.78 is 0. The molecule has 6 atom stereocenters. The van der Waals surface area contributed by atoms with E-state index in [9.17, 15) is 25.5 Å². The lowest BCUT2D eigenvalue weighted by Gasteiger charge is -2.30. The van der Waals surface area contributed by atoms with Crippen LogP contribution in [0.15, 0.2) is 0 Å². The molecular formula is C9H20O7. The maximum Gasteiger partial charge on any atom is 0.111 e. The minimum atomic E-state index is -1.88. The summed E-state index contributed by atoms with van der Waals surface area (Å²) in [5, 5.41) is 64.4. The number of hydrogen-bond donors (Lipinski definition) is 7. The number of aliphatic hydroxyl groups is 7. The van der Waals surface area contributed by atoms with E-state index in [0.717, 1.165) is 0 Å². The van der Waals surface area contributed by atoms with Gasteiger partial charge in [-0.1, -0.05) is 0 Å². The highest BCUT2D eigenvalue weighted by molar-refractivity contribution is 4.87. The summed E-state index contributed by atoms with van der Waals surface area (Å²) in [4.78, 5) is 0. The van der Waals surface area contributed by atoms with Crippen LogP contribution >= 0.6 is 0 Å². The van der Waals surface area contributed by atoms with Crippen molar-refractivity contribution in [2.24, 2.45) is 0 Å². The monoisotopic (exact) mass is 240 g/mol. The molecule has 7 nitrogen and oxygen atoms in total. The fourth-order valence-electron chi connectivity index (χ4n) is 1.18. The van der Waals surface area contributed by atoms with Crippen LogP contribution in [-0.4, -0.2) is 78.5 Å². The van der Waals surface area contributed by atoms with Gasteiger partial charge in [0.2, 0.25) is 0 Å². The molecule has 0 aliphatic rings. The minimum absolute atomic E-state index is 1.19. The van der Waals surface area contributed by atoms with E-state index in [1.54, 1.807) is 0 Å². The van der Waals surface area contributed by atoms with E-state index in [1.807, 2.05) is 0 Å². The van der Waals surface area contributed by atoms with Crippen LogP contribution in [0.25, 0.3) is 0 Å². The largest absolute Gasteiger partial charge is 0.391 e. The van der Waals surface area contributed by atoms with Gasteiger partial charge in [-0.15, -0.1) is 0 Å². The average Bonchev–Trinajstić information content (AvgIpc) is 2.23. The second-order valence-electron chi connectivity index (χ2n) is 3.93. The van der Waals surface area contributed by atoms with Gasteiger partial charge in [0, 0.05) is 0 Å². The molecule has 98 valence electrons. The first-order valence-electron chi connectivity index (χ1n) is 4.96. The molecule has 0 rings (SSSR count). The van der Waals surface area contributed by atoms with Gasteiger partial charge in [-0.25, -0.2) is 0 Å². The molecule has 0 aromatic heterocycles. The highest BCUT2D eigenvalue weighted by Gasteiger charge is 2.37. The standard InChI is InChI=1S/C9H20O7/c1-3(10)5(12)7(14)9(16)8(15)6(13)4(2)11/h3-16H,1-2H3. The van der Waals surface area contributed by atoms with Crippen LogP contribution < -0.4 is 0 Å². The Morgan fingerprint density at radius 3 is 0.812 bits per heavy atom. The predicted octanol–water partition coefficient (Wildman–Crippen LogP) is -3.45. The Bertz CT molecular complexity index is 176. The van der Waals surface area contributed by atoms with E-state index < -0.39 is 42.7 Å². The Hall–Kier alpha value is -0.280. The van der Waals surface area contributed by atoms with E-state index in [4.69, 9.17) is 10.2 Å². The highest BCUT2D eigenvalue weighted by Crippen LogP contribution is 2.12. The van der Waals surface area contributed by atoms with E-state index in [1.165, 1.54) is 13.8 Å². The predicted molar refractivity (Wildman–Crippen MR) is 53.4 cm³/mol. The summed E-state index contributed by atoms with van der Waals surface area (Å²) in [5.41, 5.74) is 0. The average molecular weight is 240 g/mol. The molecule has 0 aromatic rings. The van der Waals surface area contributed by atoms with E-state index in [2.05, 4.69) is 0 Å². The molecule has 7 heteroatoms. The van der Waals surface area contributed by atoms with E-state index in [0.29, 0.717) is 0 Å². The summed E-state index contributed by atoms with van der Waals surface area (Å²) in [6.07, 6.45) is -11.5. The lowest BCUT2D eigenvalue weighted by atomic mass is 9.95. The first-order valence-corrected chi connectivity index (χ1v) is 4.96. The van der Waals surface area contributed by atoms with Crippen LogP contribution in [0.1, 0.15) is 13.8 Å². The van der Waals surface area contributed by atoms with Crippen molar-refractivity contribution < 1.29 is 35.7 Å². The molecule has 0 radical (unpaired) electrons. The Morgan fingerprint density at radius 1 is 0.438 bits per heavy atom. The van der Waals surface area contributed by atoms with Crippen LogP contribution in [0.4, 0.5) is 0 Å². The quantitative estimate of drug-likeness (QED) is 0.256. The molecule has 0 amide bonds. The van der Waals surface area contributed by atoms with Gasteiger partial charge in [0.05, 0.1) is 12.2 Å². The fraction of sp³-hybridized carbons (Fsp3) is 1.00. The topological polar surface area (TPSA) is 142 Å². The molecular weight excluding hydrogens is 220 g/mol. The number of hydrogen-bond acceptors (Lipinski definition) is 7. The van der Waals surface area contributed by atoms with Crippen molar-refractivity contribution in [3.05, 3.63) is 0 Å². The molecule has 7 N–H and O–H groups in total. The Kier molecular flexibility index (Phi) is 6.34. The fourth-order valence-corrected chi connectivity index (χ4v) is 1.18.